The third-order valence-electron chi connectivity index (χ3n) is 8.36. The summed E-state index contributed by atoms with van der Waals surface area (Å²) in [4.78, 5) is 14.2. The zero-order valence-corrected chi connectivity index (χ0v) is 25.5. The van der Waals surface area contributed by atoms with E-state index in [0.717, 1.165) is 24.2 Å². The standard InChI is InChI=1S/C35H33BrO3S/c1-21-22(2)40-34-31(21)32(26-15-9-10-16-27(26)33(34)36)25-17-18-29(28(20-25)24-13-7-8-14-24)39-30(35(37)38-3)19-23-11-5-4-6-12-23/h4-6,9-12,15-18,20,24,30H,7-8,13-14,19H2,1-3H3. The van der Waals surface area contributed by atoms with Crippen molar-refractivity contribution in [3.63, 3.8) is 0 Å². The monoisotopic (exact) mass is 612 g/mol. The first-order chi connectivity index (χ1) is 19.5. The van der Waals surface area contributed by atoms with Gasteiger partial charge in [0.25, 0.3) is 0 Å². The van der Waals surface area contributed by atoms with Crippen LogP contribution in [0.2, 0.25) is 0 Å². The van der Waals surface area contributed by atoms with Crippen LogP contribution in [0.25, 0.3) is 32.0 Å². The van der Waals surface area contributed by atoms with Gasteiger partial charge in [-0.1, -0.05) is 73.5 Å². The summed E-state index contributed by atoms with van der Waals surface area (Å²) in [6.45, 7) is 4.44. The summed E-state index contributed by atoms with van der Waals surface area (Å²) in [5, 5.41) is 3.78. The lowest BCUT2D eigenvalue weighted by atomic mass is 9.89. The average Bonchev–Trinajstić information content (AvgIpc) is 3.62. The van der Waals surface area contributed by atoms with E-state index < -0.39 is 6.10 Å². The summed E-state index contributed by atoms with van der Waals surface area (Å²) in [7, 11) is 1.43. The molecule has 4 aromatic carbocycles. The number of aryl methyl sites for hydroxylation is 2. The molecule has 0 aliphatic heterocycles. The molecule has 1 aromatic heterocycles. The summed E-state index contributed by atoms with van der Waals surface area (Å²) < 4.78 is 14.2. The van der Waals surface area contributed by atoms with Gasteiger partial charge in [0.05, 0.1) is 11.8 Å². The van der Waals surface area contributed by atoms with Crippen molar-refractivity contribution in [2.24, 2.45) is 0 Å². The molecule has 1 fully saturated rings. The van der Waals surface area contributed by atoms with Crippen molar-refractivity contribution in [2.45, 2.75) is 58.0 Å². The largest absolute Gasteiger partial charge is 0.478 e. The van der Waals surface area contributed by atoms with Crippen LogP contribution in [0.3, 0.4) is 0 Å². The van der Waals surface area contributed by atoms with Gasteiger partial charge in [0.2, 0.25) is 0 Å². The molecule has 3 nitrogen and oxygen atoms in total. The van der Waals surface area contributed by atoms with Crippen LogP contribution in [0.15, 0.2) is 77.3 Å². The summed E-state index contributed by atoms with van der Waals surface area (Å²) in [5.41, 5.74) is 6.04. The Hall–Kier alpha value is -3.15. The van der Waals surface area contributed by atoms with Gasteiger partial charge in [0, 0.05) is 21.2 Å². The Morgan fingerprint density at radius 1 is 0.975 bits per heavy atom. The Bertz CT molecular complexity index is 1700. The molecule has 1 aliphatic rings. The SMILES string of the molecule is COC(=O)C(Cc1ccccc1)Oc1ccc(-c2c3ccccc3c(Br)c3sc(C)c(C)c23)cc1C1CCCC1. The highest BCUT2D eigenvalue weighted by Gasteiger charge is 2.28. The van der Waals surface area contributed by atoms with Gasteiger partial charge in [-0.3, -0.25) is 0 Å². The molecule has 5 aromatic rings. The molecule has 1 aliphatic carbocycles. The molecule has 40 heavy (non-hydrogen) atoms. The van der Waals surface area contributed by atoms with Crippen LogP contribution >= 0.6 is 27.3 Å². The summed E-state index contributed by atoms with van der Waals surface area (Å²) in [6.07, 6.45) is 4.45. The number of benzene rings is 4. The van der Waals surface area contributed by atoms with Crippen LogP contribution < -0.4 is 4.74 Å². The zero-order chi connectivity index (χ0) is 27.8. The van der Waals surface area contributed by atoms with Gasteiger partial charge in [-0.05, 0) is 99.3 Å². The maximum absolute atomic E-state index is 12.9. The van der Waals surface area contributed by atoms with Gasteiger partial charge in [-0.2, -0.15) is 0 Å². The Balaban J connectivity index is 1.51. The molecule has 0 radical (unpaired) electrons. The lowest BCUT2D eigenvalue weighted by molar-refractivity contribution is -0.148. The van der Waals surface area contributed by atoms with E-state index in [4.69, 9.17) is 9.47 Å². The quantitative estimate of drug-likeness (QED) is 0.171. The highest BCUT2D eigenvalue weighted by molar-refractivity contribution is 9.11. The van der Waals surface area contributed by atoms with Crippen molar-refractivity contribution in [3.8, 4) is 16.9 Å². The molecule has 0 N–H and O–H groups in total. The number of ether oxygens (including phenoxy) is 2. The Morgan fingerprint density at radius 2 is 1.68 bits per heavy atom. The predicted octanol–water partition coefficient (Wildman–Crippen LogP) is 9.92. The number of carbonyl (C=O) groups excluding carboxylic acids is 1. The van der Waals surface area contributed by atoms with E-state index >= 15 is 0 Å². The van der Waals surface area contributed by atoms with E-state index in [1.165, 1.54) is 72.4 Å². The molecule has 5 heteroatoms. The van der Waals surface area contributed by atoms with Gasteiger partial charge >= 0.3 is 5.97 Å². The predicted molar refractivity (Wildman–Crippen MR) is 170 cm³/mol. The second kappa shape index (κ2) is 11.4. The van der Waals surface area contributed by atoms with E-state index in [9.17, 15) is 4.79 Å². The van der Waals surface area contributed by atoms with Gasteiger partial charge in [-0.25, -0.2) is 4.79 Å². The van der Waals surface area contributed by atoms with E-state index in [1.807, 2.05) is 41.7 Å². The van der Waals surface area contributed by atoms with Crippen molar-refractivity contribution in [1.29, 1.82) is 0 Å². The minimum Gasteiger partial charge on any atom is -0.478 e. The third-order valence-corrected chi connectivity index (χ3v) is 10.7. The average molecular weight is 614 g/mol. The number of carbonyl (C=O) groups is 1. The number of halogens is 1. The lowest BCUT2D eigenvalue weighted by Crippen LogP contribution is -2.31. The maximum atomic E-state index is 12.9. The second-order valence-corrected chi connectivity index (χ2v) is 12.8. The molecular weight excluding hydrogens is 580 g/mol. The smallest absolute Gasteiger partial charge is 0.347 e. The van der Waals surface area contributed by atoms with Crippen LogP contribution in [0.5, 0.6) is 5.75 Å². The summed E-state index contributed by atoms with van der Waals surface area (Å²) >= 11 is 5.79. The molecule has 6 rings (SSSR count). The topological polar surface area (TPSA) is 35.5 Å². The molecule has 1 unspecified atom stereocenters. The van der Waals surface area contributed by atoms with Crippen LogP contribution in [0.1, 0.15) is 53.2 Å². The molecule has 0 amide bonds. The van der Waals surface area contributed by atoms with Crippen LogP contribution in [0, 0.1) is 13.8 Å². The number of esters is 1. The van der Waals surface area contributed by atoms with Crippen molar-refractivity contribution in [2.75, 3.05) is 7.11 Å². The molecule has 1 atom stereocenters. The van der Waals surface area contributed by atoms with Crippen LogP contribution in [0.4, 0.5) is 0 Å². The maximum Gasteiger partial charge on any atom is 0.347 e. The molecular formula is C35H33BrO3S. The van der Waals surface area contributed by atoms with Gasteiger partial charge < -0.3 is 9.47 Å². The van der Waals surface area contributed by atoms with Gasteiger partial charge in [-0.15, -0.1) is 11.3 Å². The lowest BCUT2D eigenvalue weighted by Gasteiger charge is -2.23. The number of hydrogen-bond donors (Lipinski definition) is 0. The second-order valence-electron chi connectivity index (χ2n) is 10.8. The number of hydrogen-bond acceptors (Lipinski definition) is 4. The minimum atomic E-state index is -0.708. The molecule has 0 spiro atoms. The normalized spacial score (nSPS) is 14.6. The fourth-order valence-electron chi connectivity index (χ4n) is 6.19. The van der Waals surface area contributed by atoms with Crippen molar-refractivity contribution in [3.05, 3.63) is 98.8 Å². The highest BCUT2D eigenvalue weighted by Crippen LogP contribution is 2.48. The first-order valence-corrected chi connectivity index (χ1v) is 15.6. The van der Waals surface area contributed by atoms with E-state index in [2.05, 4.69) is 72.2 Å². The fraction of sp³-hybridized carbons (Fsp3) is 0.286. The van der Waals surface area contributed by atoms with E-state index in [1.54, 1.807) is 0 Å². The molecule has 1 saturated carbocycles. The number of methoxy groups -OCH3 is 1. The summed E-state index contributed by atoms with van der Waals surface area (Å²) in [6, 6.07) is 25.3. The van der Waals surface area contributed by atoms with E-state index in [-0.39, 0.29) is 5.97 Å². The van der Waals surface area contributed by atoms with Crippen LogP contribution in [-0.4, -0.2) is 19.2 Å². The Labute approximate surface area is 248 Å². The van der Waals surface area contributed by atoms with Gasteiger partial charge in [0.15, 0.2) is 6.10 Å². The van der Waals surface area contributed by atoms with Crippen molar-refractivity contribution < 1.29 is 14.3 Å². The third kappa shape index (κ3) is 4.95. The zero-order valence-electron chi connectivity index (χ0n) is 23.1. The number of rotatable bonds is 7. The minimum absolute atomic E-state index is 0.352. The molecule has 204 valence electrons. The highest BCUT2D eigenvalue weighted by atomic mass is 79.9. The molecule has 0 bridgehead atoms. The first-order valence-electron chi connectivity index (χ1n) is 14.0. The number of thiophene rings is 1. The Morgan fingerprint density at radius 3 is 2.40 bits per heavy atom. The number of fused-ring (bicyclic) bond motifs is 2. The molecule has 1 heterocycles. The van der Waals surface area contributed by atoms with Gasteiger partial charge in [0.1, 0.15) is 5.75 Å². The summed E-state index contributed by atoms with van der Waals surface area (Å²) in [5.74, 6) is 0.848. The van der Waals surface area contributed by atoms with Crippen molar-refractivity contribution >= 4 is 54.1 Å². The van der Waals surface area contributed by atoms with E-state index in [0.29, 0.717) is 12.3 Å². The Kier molecular flexibility index (Phi) is 7.69. The fourth-order valence-corrected chi connectivity index (χ4v) is 8.09. The van der Waals surface area contributed by atoms with Crippen LogP contribution in [-0.2, 0) is 16.0 Å². The first kappa shape index (κ1) is 27.0. The van der Waals surface area contributed by atoms with Crippen molar-refractivity contribution in [1.82, 2.24) is 0 Å². The molecule has 0 saturated heterocycles.